The summed E-state index contributed by atoms with van der Waals surface area (Å²) in [5, 5.41) is 8.19. The quantitative estimate of drug-likeness (QED) is 0.509. The molecule has 1 heterocycles. The maximum absolute atomic E-state index is 11.3. The van der Waals surface area contributed by atoms with Crippen LogP contribution in [0.5, 0.6) is 5.88 Å². The summed E-state index contributed by atoms with van der Waals surface area (Å²) in [6.45, 7) is 2.25. The van der Waals surface area contributed by atoms with E-state index in [1.165, 1.54) is 12.1 Å². The van der Waals surface area contributed by atoms with Gasteiger partial charge in [-0.3, -0.25) is 0 Å². The molecule has 0 amide bonds. The van der Waals surface area contributed by atoms with E-state index in [2.05, 4.69) is 26.2 Å². The maximum atomic E-state index is 11.3. The molecule has 1 fully saturated rings. The summed E-state index contributed by atoms with van der Waals surface area (Å²) in [7, 11) is -3.71. The number of primary sulfonamides is 1. The number of aliphatic imine (C=N–C) groups is 1. The number of terminal acetylenes is 1. The second kappa shape index (κ2) is 8.86. The molecule has 9 heteroatoms. The van der Waals surface area contributed by atoms with Crippen molar-refractivity contribution in [3.05, 3.63) is 48.2 Å². The lowest BCUT2D eigenvalue weighted by Gasteiger charge is -2.10. The van der Waals surface area contributed by atoms with Gasteiger partial charge in [-0.15, -0.1) is 6.42 Å². The molecule has 29 heavy (non-hydrogen) atoms. The number of aromatic nitrogens is 2. The molecule has 0 radical (unpaired) electrons. The summed E-state index contributed by atoms with van der Waals surface area (Å²) < 4.78 is 28.5. The fourth-order valence-corrected chi connectivity index (χ4v) is 2.85. The van der Waals surface area contributed by atoms with Crippen LogP contribution in [0.2, 0.25) is 0 Å². The standard InChI is InChI=1S/C20H21N5O3S/c1-3-5-15(4-2)24-18-13-23-20(25-19(18)28-16-8-9-16)22-12-14-6-10-17(11-7-14)29(21,26)27/h2-3,5-7,10-11,13,16H,8-9,12H2,1H3,(H2,21,26,27)(H,22,23,25)/b5-3-,24-15-. The van der Waals surface area contributed by atoms with Crippen LogP contribution in [0.15, 0.2) is 52.5 Å². The van der Waals surface area contributed by atoms with Gasteiger partial charge >= 0.3 is 0 Å². The van der Waals surface area contributed by atoms with Crippen molar-refractivity contribution in [1.29, 1.82) is 0 Å². The zero-order chi connectivity index (χ0) is 20.9. The van der Waals surface area contributed by atoms with Gasteiger partial charge in [0.05, 0.1) is 11.1 Å². The second-order valence-corrected chi connectivity index (χ2v) is 7.95. The maximum Gasteiger partial charge on any atom is 0.245 e. The van der Waals surface area contributed by atoms with Gasteiger partial charge in [-0.25, -0.2) is 23.5 Å². The number of nitrogens with one attached hydrogen (secondary N) is 1. The van der Waals surface area contributed by atoms with Crippen molar-refractivity contribution < 1.29 is 13.2 Å². The first-order valence-corrected chi connectivity index (χ1v) is 10.5. The summed E-state index contributed by atoms with van der Waals surface area (Å²) in [5.41, 5.74) is 1.76. The first-order valence-electron chi connectivity index (χ1n) is 8.96. The van der Waals surface area contributed by atoms with Crippen LogP contribution in [-0.2, 0) is 16.6 Å². The van der Waals surface area contributed by atoms with Gasteiger partial charge in [0.1, 0.15) is 17.5 Å². The molecule has 0 atom stereocenters. The molecule has 8 nitrogen and oxygen atoms in total. The predicted molar refractivity (Wildman–Crippen MR) is 112 cm³/mol. The molecule has 3 N–H and O–H groups in total. The van der Waals surface area contributed by atoms with Crippen LogP contribution in [0.3, 0.4) is 0 Å². The number of benzene rings is 1. The number of hydrogen-bond donors (Lipinski definition) is 2. The highest BCUT2D eigenvalue weighted by molar-refractivity contribution is 7.89. The van der Waals surface area contributed by atoms with Crippen LogP contribution >= 0.6 is 0 Å². The van der Waals surface area contributed by atoms with Crippen molar-refractivity contribution in [1.82, 2.24) is 9.97 Å². The van der Waals surface area contributed by atoms with Crippen molar-refractivity contribution >= 4 is 27.4 Å². The van der Waals surface area contributed by atoms with E-state index in [4.69, 9.17) is 16.3 Å². The van der Waals surface area contributed by atoms with E-state index in [9.17, 15) is 8.42 Å². The van der Waals surface area contributed by atoms with Crippen LogP contribution in [0, 0.1) is 12.3 Å². The lowest BCUT2D eigenvalue weighted by Crippen LogP contribution is -2.12. The molecular weight excluding hydrogens is 390 g/mol. The summed E-state index contributed by atoms with van der Waals surface area (Å²) in [6, 6.07) is 6.25. The van der Waals surface area contributed by atoms with Gasteiger partial charge in [0.25, 0.3) is 0 Å². The van der Waals surface area contributed by atoms with E-state index in [1.807, 2.05) is 6.92 Å². The molecule has 0 saturated heterocycles. The Bertz CT molecular complexity index is 1080. The number of hydrogen-bond acceptors (Lipinski definition) is 7. The molecule has 1 aliphatic rings. The highest BCUT2D eigenvalue weighted by Gasteiger charge is 2.25. The van der Waals surface area contributed by atoms with Crippen LogP contribution in [0.1, 0.15) is 25.3 Å². The Morgan fingerprint density at radius 2 is 2.14 bits per heavy atom. The van der Waals surface area contributed by atoms with Crippen LogP contribution in [0.25, 0.3) is 0 Å². The largest absolute Gasteiger partial charge is 0.473 e. The SMILES string of the molecule is C#CC(/C=C\C)=N/c1cnc(NCc2ccc(S(N)(=O)=O)cc2)nc1OC1CC1. The zero-order valence-corrected chi connectivity index (χ0v) is 16.7. The van der Waals surface area contributed by atoms with Crippen molar-refractivity contribution in [2.24, 2.45) is 10.1 Å². The number of rotatable bonds is 8. The molecule has 0 bridgehead atoms. The van der Waals surface area contributed by atoms with E-state index in [0.717, 1.165) is 18.4 Å². The van der Waals surface area contributed by atoms with Crippen molar-refractivity contribution in [3.63, 3.8) is 0 Å². The number of nitrogens with two attached hydrogens (primary N) is 1. The Balaban J connectivity index is 1.77. The van der Waals surface area contributed by atoms with Gasteiger partial charge in [0.15, 0.2) is 0 Å². The van der Waals surface area contributed by atoms with Crippen molar-refractivity contribution in [2.45, 2.75) is 37.3 Å². The lowest BCUT2D eigenvalue weighted by molar-refractivity contribution is 0.292. The van der Waals surface area contributed by atoms with Gasteiger partial charge in [0.2, 0.25) is 21.9 Å². The molecule has 2 aromatic rings. The Morgan fingerprint density at radius 3 is 2.72 bits per heavy atom. The van der Waals surface area contributed by atoms with Gasteiger partial charge in [-0.1, -0.05) is 24.1 Å². The molecule has 150 valence electrons. The molecule has 0 spiro atoms. The summed E-state index contributed by atoms with van der Waals surface area (Å²) in [4.78, 5) is 13.1. The van der Waals surface area contributed by atoms with E-state index in [0.29, 0.717) is 29.8 Å². The number of ether oxygens (including phenoxy) is 1. The van der Waals surface area contributed by atoms with Crippen molar-refractivity contribution in [2.75, 3.05) is 5.32 Å². The highest BCUT2D eigenvalue weighted by atomic mass is 32.2. The van der Waals surface area contributed by atoms with Gasteiger partial charge in [0, 0.05) is 6.54 Å². The Hall–Kier alpha value is -3.22. The zero-order valence-electron chi connectivity index (χ0n) is 15.9. The van der Waals surface area contributed by atoms with E-state index in [-0.39, 0.29) is 11.0 Å². The first kappa shape index (κ1) is 20.5. The second-order valence-electron chi connectivity index (χ2n) is 6.39. The number of allylic oxidation sites excluding steroid dienone is 2. The molecule has 1 aromatic carbocycles. The minimum absolute atomic E-state index is 0.0604. The third kappa shape index (κ3) is 5.88. The monoisotopic (exact) mass is 411 g/mol. The molecule has 0 aliphatic heterocycles. The fraction of sp³-hybridized carbons (Fsp3) is 0.250. The molecule has 1 saturated carbocycles. The smallest absolute Gasteiger partial charge is 0.245 e. The number of anilines is 1. The molecule has 3 rings (SSSR count). The van der Waals surface area contributed by atoms with Gasteiger partial charge in [-0.2, -0.15) is 4.98 Å². The average molecular weight is 411 g/mol. The molecule has 1 aliphatic carbocycles. The highest BCUT2D eigenvalue weighted by Crippen LogP contribution is 2.32. The third-order valence-electron chi connectivity index (χ3n) is 3.95. The Morgan fingerprint density at radius 1 is 1.41 bits per heavy atom. The average Bonchev–Trinajstić information content (AvgIpc) is 3.51. The summed E-state index contributed by atoms with van der Waals surface area (Å²) in [6.07, 6.45) is 12.6. The molecular formula is C20H21N5O3S. The lowest BCUT2D eigenvalue weighted by atomic mass is 10.2. The normalized spacial score (nSPS) is 14.6. The number of nitrogens with zero attached hydrogens (tertiary/aromatic N) is 3. The molecule has 1 aromatic heterocycles. The predicted octanol–water partition coefficient (Wildman–Crippen LogP) is 2.56. The minimum atomic E-state index is -3.71. The first-order chi connectivity index (χ1) is 13.9. The Labute approximate surface area is 170 Å². The van der Waals surface area contributed by atoms with Crippen molar-refractivity contribution in [3.8, 4) is 18.2 Å². The molecule has 0 unspecified atom stereocenters. The number of sulfonamides is 1. The fourth-order valence-electron chi connectivity index (χ4n) is 2.34. The van der Waals surface area contributed by atoms with Crippen LogP contribution in [-0.4, -0.2) is 30.2 Å². The summed E-state index contributed by atoms with van der Waals surface area (Å²) >= 11 is 0. The van der Waals surface area contributed by atoms with E-state index in [1.54, 1.807) is 30.5 Å². The third-order valence-corrected chi connectivity index (χ3v) is 4.88. The van der Waals surface area contributed by atoms with Gasteiger partial charge < -0.3 is 10.1 Å². The van der Waals surface area contributed by atoms with E-state index < -0.39 is 10.0 Å². The Kier molecular flexibility index (Phi) is 6.26. The van der Waals surface area contributed by atoms with E-state index >= 15 is 0 Å². The van der Waals surface area contributed by atoms with Crippen LogP contribution < -0.4 is 15.2 Å². The summed E-state index contributed by atoms with van der Waals surface area (Å²) in [5.74, 6) is 3.24. The van der Waals surface area contributed by atoms with Gasteiger partial charge in [-0.05, 0) is 43.5 Å². The minimum Gasteiger partial charge on any atom is -0.473 e. The van der Waals surface area contributed by atoms with Crippen LogP contribution in [0.4, 0.5) is 11.6 Å². The topological polar surface area (TPSA) is 120 Å².